The first-order valence-corrected chi connectivity index (χ1v) is 8.49. The molecular weight excluding hydrogens is 352 g/mol. The SMILES string of the molecule is C=CCNC(=O)[C@@H](C)OC(=O)c1ccc2c(c1)C(=O)N(CCCOC)C2=O. The first-order valence-electron chi connectivity index (χ1n) is 8.49. The second kappa shape index (κ2) is 9.09. The second-order valence-corrected chi connectivity index (χ2v) is 5.95. The van der Waals surface area contributed by atoms with Crippen molar-refractivity contribution in [1.29, 1.82) is 0 Å². The van der Waals surface area contributed by atoms with Crippen LogP contribution in [0.15, 0.2) is 30.9 Å². The van der Waals surface area contributed by atoms with Crippen molar-refractivity contribution in [3.05, 3.63) is 47.5 Å². The number of imide groups is 1. The molecule has 0 spiro atoms. The van der Waals surface area contributed by atoms with Gasteiger partial charge in [-0.2, -0.15) is 0 Å². The molecule has 1 aromatic rings. The third-order valence-electron chi connectivity index (χ3n) is 4.01. The van der Waals surface area contributed by atoms with Crippen LogP contribution in [-0.4, -0.2) is 61.5 Å². The van der Waals surface area contributed by atoms with Gasteiger partial charge in [0.25, 0.3) is 17.7 Å². The van der Waals surface area contributed by atoms with Gasteiger partial charge >= 0.3 is 5.97 Å². The standard InChI is InChI=1S/C19H22N2O6/c1-4-8-20-16(22)12(2)27-19(25)13-6-7-14-15(11-13)18(24)21(17(14)23)9-5-10-26-3/h4,6-7,11-12H,1,5,8-10H2,2-3H3,(H,20,22)/t12-/m1/s1. The molecule has 144 valence electrons. The monoisotopic (exact) mass is 374 g/mol. The van der Waals surface area contributed by atoms with E-state index in [4.69, 9.17) is 9.47 Å². The van der Waals surface area contributed by atoms with E-state index in [0.29, 0.717) is 13.0 Å². The lowest BCUT2D eigenvalue weighted by Crippen LogP contribution is -2.35. The number of rotatable bonds is 9. The first kappa shape index (κ1) is 20.3. The number of nitrogens with zero attached hydrogens (tertiary/aromatic N) is 1. The highest BCUT2D eigenvalue weighted by atomic mass is 16.5. The van der Waals surface area contributed by atoms with Crippen molar-refractivity contribution in [2.24, 2.45) is 0 Å². The van der Waals surface area contributed by atoms with Gasteiger partial charge in [0.1, 0.15) is 0 Å². The fourth-order valence-corrected chi connectivity index (χ4v) is 2.59. The maximum Gasteiger partial charge on any atom is 0.338 e. The average molecular weight is 374 g/mol. The molecule has 8 nitrogen and oxygen atoms in total. The number of nitrogens with one attached hydrogen (secondary N) is 1. The van der Waals surface area contributed by atoms with Crippen LogP contribution in [0, 0.1) is 0 Å². The van der Waals surface area contributed by atoms with Crippen LogP contribution in [0.2, 0.25) is 0 Å². The highest BCUT2D eigenvalue weighted by molar-refractivity contribution is 6.22. The van der Waals surface area contributed by atoms with Gasteiger partial charge in [-0.15, -0.1) is 6.58 Å². The lowest BCUT2D eigenvalue weighted by Gasteiger charge is -2.13. The molecule has 0 aliphatic carbocycles. The summed E-state index contributed by atoms with van der Waals surface area (Å²) in [6.45, 7) is 5.85. The molecule has 0 saturated carbocycles. The van der Waals surface area contributed by atoms with Crippen molar-refractivity contribution >= 4 is 23.7 Å². The van der Waals surface area contributed by atoms with E-state index in [-0.39, 0.29) is 29.8 Å². The highest BCUT2D eigenvalue weighted by Crippen LogP contribution is 2.24. The van der Waals surface area contributed by atoms with Gasteiger partial charge in [-0.05, 0) is 31.5 Å². The van der Waals surface area contributed by atoms with Crippen LogP contribution in [0.5, 0.6) is 0 Å². The fraction of sp³-hybridized carbons (Fsp3) is 0.368. The molecule has 0 fully saturated rings. The molecular formula is C19H22N2O6. The molecule has 0 unspecified atom stereocenters. The topological polar surface area (TPSA) is 102 Å². The van der Waals surface area contributed by atoms with Gasteiger partial charge in [0.2, 0.25) is 0 Å². The molecule has 0 saturated heterocycles. The number of amides is 3. The zero-order valence-corrected chi connectivity index (χ0v) is 15.3. The Morgan fingerprint density at radius 2 is 1.96 bits per heavy atom. The molecule has 1 aromatic carbocycles. The summed E-state index contributed by atoms with van der Waals surface area (Å²) < 4.78 is 10.0. The van der Waals surface area contributed by atoms with E-state index in [1.165, 1.54) is 31.2 Å². The lowest BCUT2D eigenvalue weighted by atomic mass is 10.1. The third kappa shape index (κ3) is 4.59. The Balaban J connectivity index is 2.09. The van der Waals surface area contributed by atoms with Crippen LogP contribution >= 0.6 is 0 Å². The Hall–Kier alpha value is -3.00. The molecule has 0 bridgehead atoms. The molecule has 1 N–H and O–H groups in total. The van der Waals surface area contributed by atoms with Crippen LogP contribution < -0.4 is 5.32 Å². The van der Waals surface area contributed by atoms with Gasteiger partial charge in [-0.3, -0.25) is 19.3 Å². The number of carbonyl (C=O) groups is 4. The average Bonchev–Trinajstić information content (AvgIpc) is 2.90. The maximum absolute atomic E-state index is 12.5. The van der Waals surface area contributed by atoms with Gasteiger partial charge in [-0.1, -0.05) is 6.08 Å². The molecule has 1 aliphatic heterocycles. The predicted octanol–water partition coefficient (Wildman–Crippen LogP) is 1.17. The summed E-state index contributed by atoms with van der Waals surface area (Å²) in [7, 11) is 1.54. The summed E-state index contributed by atoms with van der Waals surface area (Å²) in [5, 5.41) is 2.52. The van der Waals surface area contributed by atoms with Gasteiger partial charge in [0.15, 0.2) is 6.10 Å². The van der Waals surface area contributed by atoms with Gasteiger partial charge in [-0.25, -0.2) is 4.79 Å². The summed E-state index contributed by atoms with van der Waals surface area (Å²) in [4.78, 5) is 50.0. The smallest absolute Gasteiger partial charge is 0.338 e. The Bertz CT molecular complexity index is 773. The normalized spacial score (nSPS) is 13.9. The number of benzene rings is 1. The largest absolute Gasteiger partial charge is 0.449 e. The predicted molar refractivity (Wildman–Crippen MR) is 96.4 cm³/mol. The highest BCUT2D eigenvalue weighted by Gasteiger charge is 2.35. The van der Waals surface area contributed by atoms with Crippen molar-refractivity contribution < 1.29 is 28.7 Å². The van der Waals surface area contributed by atoms with Crippen LogP contribution in [0.1, 0.15) is 44.4 Å². The minimum Gasteiger partial charge on any atom is -0.449 e. The number of hydrogen-bond acceptors (Lipinski definition) is 6. The van der Waals surface area contributed by atoms with E-state index in [0.717, 1.165) is 4.90 Å². The molecule has 1 atom stereocenters. The Labute approximate surface area is 157 Å². The lowest BCUT2D eigenvalue weighted by molar-refractivity contribution is -0.128. The van der Waals surface area contributed by atoms with Crippen molar-refractivity contribution in [3.8, 4) is 0 Å². The van der Waals surface area contributed by atoms with Gasteiger partial charge < -0.3 is 14.8 Å². The quantitative estimate of drug-likeness (QED) is 0.301. The number of fused-ring (bicyclic) bond motifs is 1. The number of esters is 1. The zero-order valence-electron chi connectivity index (χ0n) is 15.3. The van der Waals surface area contributed by atoms with Gasteiger partial charge in [0, 0.05) is 26.8 Å². The van der Waals surface area contributed by atoms with E-state index in [1.54, 1.807) is 7.11 Å². The number of hydrogen-bond donors (Lipinski definition) is 1. The minimum absolute atomic E-state index is 0.0945. The number of ether oxygens (including phenoxy) is 2. The van der Waals surface area contributed by atoms with Crippen molar-refractivity contribution in [1.82, 2.24) is 10.2 Å². The molecule has 8 heteroatoms. The van der Waals surface area contributed by atoms with Crippen LogP contribution in [0.25, 0.3) is 0 Å². The Morgan fingerprint density at radius 3 is 2.63 bits per heavy atom. The molecule has 1 aliphatic rings. The van der Waals surface area contributed by atoms with E-state index in [9.17, 15) is 19.2 Å². The van der Waals surface area contributed by atoms with E-state index >= 15 is 0 Å². The van der Waals surface area contributed by atoms with E-state index in [2.05, 4.69) is 11.9 Å². The van der Waals surface area contributed by atoms with Crippen LogP contribution in [-0.2, 0) is 14.3 Å². The summed E-state index contributed by atoms with van der Waals surface area (Å²) in [6, 6.07) is 4.15. The summed E-state index contributed by atoms with van der Waals surface area (Å²) in [5.41, 5.74) is 0.485. The molecule has 3 amide bonds. The maximum atomic E-state index is 12.5. The van der Waals surface area contributed by atoms with Gasteiger partial charge in [0.05, 0.1) is 16.7 Å². The molecule has 0 aromatic heterocycles. The second-order valence-electron chi connectivity index (χ2n) is 5.95. The molecule has 27 heavy (non-hydrogen) atoms. The van der Waals surface area contributed by atoms with Crippen LogP contribution in [0.3, 0.4) is 0 Å². The summed E-state index contributed by atoms with van der Waals surface area (Å²) in [5.74, 6) is -2.07. The third-order valence-corrected chi connectivity index (χ3v) is 4.01. The molecule has 2 rings (SSSR count). The van der Waals surface area contributed by atoms with Crippen molar-refractivity contribution in [2.45, 2.75) is 19.4 Å². The van der Waals surface area contributed by atoms with E-state index in [1.807, 2.05) is 0 Å². The molecule has 1 heterocycles. The summed E-state index contributed by atoms with van der Waals surface area (Å²) in [6.07, 6.45) is 1.02. The van der Waals surface area contributed by atoms with Crippen molar-refractivity contribution in [2.75, 3.05) is 26.8 Å². The van der Waals surface area contributed by atoms with Crippen LogP contribution in [0.4, 0.5) is 0 Å². The Kier molecular flexibility index (Phi) is 6.84. The summed E-state index contributed by atoms with van der Waals surface area (Å²) >= 11 is 0. The number of methoxy groups -OCH3 is 1. The Morgan fingerprint density at radius 1 is 1.26 bits per heavy atom. The zero-order chi connectivity index (χ0) is 20.0. The number of carbonyl (C=O) groups excluding carboxylic acids is 4. The first-order chi connectivity index (χ1) is 12.9. The minimum atomic E-state index is -1.01. The fourth-order valence-electron chi connectivity index (χ4n) is 2.59. The van der Waals surface area contributed by atoms with E-state index < -0.39 is 29.8 Å². The van der Waals surface area contributed by atoms with Crippen molar-refractivity contribution in [3.63, 3.8) is 0 Å². The molecule has 0 radical (unpaired) electrons.